The molecule has 0 aliphatic carbocycles. The molecule has 34 heavy (non-hydrogen) atoms. The van der Waals surface area contributed by atoms with E-state index < -0.39 is 0 Å². The van der Waals surface area contributed by atoms with E-state index in [-0.39, 0.29) is 24.3 Å². The van der Waals surface area contributed by atoms with Crippen molar-refractivity contribution in [3.8, 4) is 0 Å². The van der Waals surface area contributed by atoms with Crippen molar-refractivity contribution in [3.05, 3.63) is 47.8 Å². The first-order chi connectivity index (χ1) is 16.5. The molecule has 1 fully saturated rings. The van der Waals surface area contributed by atoms with Gasteiger partial charge in [0.1, 0.15) is 0 Å². The van der Waals surface area contributed by atoms with Gasteiger partial charge in [0.25, 0.3) is 0 Å². The van der Waals surface area contributed by atoms with Gasteiger partial charge in [-0.05, 0) is 42.5 Å². The Labute approximate surface area is 201 Å². The first-order valence-corrected chi connectivity index (χ1v) is 12.4. The summed E-state index contributed by atoms with van der Waals surface area (Å²) in [5.74, 6) is 0.0532. The van der Waals surface area contributed by atoms with Crippen LogP contribution < -0.4 is 4.90 Å². The van der Waals surface area contributed by atoms with Gasteiger partial charge >= 0.3 is 0 Å². The van der Waals surface area contributed by atoms with E-state index in [0.717, 1.165) is 55.3 Å². The van der Waals surface area contributed by atoms with Crippen LogP contribution in [0.4, 0.5) is 5.69 Å². The van der Waals surface area contributed by atoms with E-state index in [1.807, 2.05) is 32.8 Å². The summed E-state index contributed by atoms with van der Waals surface area (Å²) in [5.41, 5.74) is 2.88. The molecule has 1 aromatic heterocycles. The highest BCUT2D eigenvalue weighted by atomic mass is 16.2. The molecule has 2 aliphatic heterocycles. The fraction of sp³-hybridized carbons (Fsp3) is 0.538. The number of hydrogen-bond acceptors (Lipinski definition) is 4. The quantitative estimate of drug-likeness (QED) is 0.695. The third-order valence-corrected chi connectivity index (χ3v) is 6.75. The molecule has 0 atom stereocenters. The fourth-order valence-corrected chi connectivity index (χ4v) is 4.86. The highest BCUT2D eigenvalue weighted by Crippen LogP contribution is 2.27. The molecule has 0 bridgehead atoms. The number of carbonyl (C=O) groups excluding carboxylic acids is 3. The van der Waals surface area contributed by atoms with Crippen LogP contribution in [0.3, 0.4) is 0 Å². The Bertz CT molecular complexity index is 1000. The number of aromatic nitrogens is 2. The summed E-state index contributed by atoms with van der Waals surface area (Å²) in [7, 11) is 0. The van der Waals surface area contributed by atoms with Crippen molar-refractivity contribution in [2.24, 2.45) is 0 Å². The first-order valence-electron chi connectivity index (χ1n) is 12.4. The number of hydrogen-bond donors (Lipinski definition) is 0. The molecule has 0 saturated carbocycles. The van der Waals surface area contributed by atoms with Crippen LogP contribution in [0.2, 0.25) is 0 Å². The summed E-state index contributed by atoms with van der Waals surface area (Å²) in [6.45, 7) is 4.79. The Balaban J connectivity index is 1.63. The van der Waals surface area contributed by atoms with Crippen LogP contribution in [0.5, 0.6) is 0 Å². The Morgan fingerprint density at radius 3 is 2.50 bits per heavy atom. The molecule has 3 amide bonds. The number of fused-ring (bicyclic) bond motifs is 1. The van der Waals surface area contributed by atoms with Gasteiger partial charge in [-0.1, -0.05) is 31.4 Å². The van der Waals surface area contributed by atoms with E-state index in [0.29, 0.717) is 39.1 Å². The molecule has 182 valence electrons. The van der Waals surface area contributed by atoms with Crippen molar-refractivity contribution in [2.75, 3.05) is 31.1 Å². The van der Waals surface area contributed by atoms with Crippen LogP contribution in [-0.4, -0.2) is 63.5 Å². The van der Waals surface area contributed by atoms with Crippen LogP contribution in [0, 0.1) is 0 Å². The Kier molecular flexibility index (Phi) is 7.98. The molecule has 8 heteroatoms. The predicted molar refractivity (Wildman–Crippen MR) is 130 cm³/mol. The van der Waals surface area contributed by atoms with Gasteiger partial charge in [0.05, 0.1) is 13.1 Å². The van der Waals surface area contributed by atoms with Crippen LogP contribution in [0.15, 0.2) is 36.7 Å². The van der Waals surface area contributed by atoms with Crippen LogP contribution >= 0.6 is 0 Å². The van der Waals surface area contributed by atoms with E-state index in [1.165, 1.54) is 0 Å². The minimum absolute atomic E-state index is 0.00934. The number of anilines is 1. The SMILES string of the molecule is CC(=O)N1CCCCCCCN(C(=O)CN2CCCC2=O)Cc2ccc(Cn3cccn3)cc21. The topological polar surface area (TPSA) is 78.8 Å². The second-order valence-corrected chi connectivity index (χ2v) is 9.34. The average Bonchev–Trinajstić information content (AvgIpc) is 3.46. The Morgan fingerprint density at radius 2 is 1.79 bits per heavy atom. The number of carbonyl (C=O) groups is 3. The molecular weight excluding hydrogens is 430 g/mol. The number of nitrogens with zero attached hydrogens (tertiary/aromatic N) is 5. The summed E-state index contributed by atoms with van der Waals surface area (Å²) in [6, 6.07) is 8.05. The first kappa shape index (κ1) is 24.0. The highest BCUT2D eigenvalue weighted by Gasteiger charge is 2.26. The molecule has 0 spiro atoms. The van der Waals surface area contributed by atoms with E-state index in [1.54, 1.807) is 18.0 Å². The third-order valence-electron chi connectivity index (χ3n) is 6.75. The van der Waals surface area contributed by atoms with E-state index in [9.17, 15) is 14.4 Å². The van der Waals surface area contributed by atoms with Crippen LogP contribution in [0.1, 0.15) is 63.0 Å². The average molecular weight is 466 g/mol. The summed E-state index contributed by atoms with van der Waals surface area (Å²) < 4.78 is 1.86. The summed E-state index contributed by atoms with van der Waals surface area (Å²) in [6.07, 6.45) is 10.1. The summed E-state index contributed by atoms with van der Waals surface area (Å²) >= 11 is 0. The van der Waals surface area contributed by atoms with Crippen molar-refractivity contribution in [1.82, 2.24) is 19.6 Å². The van der Waals surface area contributed by atoms with Gasteiger partial charge in [0.2, 0.25) is 17.7 Å². The zero-order valence-corrected chi connectivity index (χ0v) is 20.1. The van der Waals surface area contributed by atoms with Crippen LogP contribution in [-0.2, 0) is 27.5 Å². The predicted octanol–water partition coefficient (Wildman–Crippen LogP) is 3.20. The molecule has 0 radical (unpaired) electrons. The van der Waals surface area contributed by atoms with Gasteiger partial charge in [-0.15, -0.1) is 0 Å². The van der Waals surface area contributed by atoms with Crippen molar-refractivity contribution in [2.45, 2.75) is 65.0 Å². The summed E-state index contributed by atoms with van der Waals surface area (Å²) in [5, 5.41) is 4.30. The van der Waals surface area contributed by atoms with Crippen molar-refractivity contribution >= 4 is 23.4 Å². The fourth-order valence-electron chi connectivity index (χ4n) is 4.86. The molecule has 8 nitrogen and oxygen atoms in total. The van der Waals surface area contributed by atoms with Gasteiger partial charge in [-0.2, -0.15) is 5.10 Å². The van der Waals surface area contributed by atoms with Gasteiger partial charge in [-0.3, -0.25) is 19.1 Å². The molecule has 3 heterocycles. The zero-order valence-electron chi connectivity index (χ0n) is 20.1. The number of likely N-dealkylation sites (tertiary alicyclic amines) is 1. The van der Waals surface area contributed by atoms with E-state index in [4.69, 9.17) is 0 Å². The number of rotatable bonds is 4. The lowest BCUT2D eigenvalue weighted by Gasteiger charge is -2.30. The molecule has 0 unspecified atom stereocenters. The molecular formula is C26H35N5O3. The lowest BCUT2D eigenvalue weighted by atomic mass is 10.0. The highest BCUT2D eigenvalue weighted by molar-refractivity contribution is 5.92. The maximum atomic E-state index is 13.3. The lowest BCUT2D eigenvalue weighted by molar-refractivity contribution is -0.138. The van der Waals surface area contributed by atoms with Gasteiger partial charge in [-0.25, -0.2) is 0 Å². The maximum absolute atomic E-state index is 13.3. The second kappa shape index (κ2) is 11.3. The zero-order chi connectivity index (χ0) is 23.9. The van der Waals surface area contributed by atoms with Crippen LogP contribution in [0.25, 0.3) is 0 Å². The standard InChI is InChI=1S/C26H35N5O3/c1-21(32)31-16-6-4-2-3-5-13-28(26(34)20-29-14-7-9-25(29)33)19-23-11-10-22(17-24(23)31)18-30-15-8-12-27-30/h8,10-12,15,17H,2-7,9,13-14,16,18-20H2,1H3. The lowest BCUT2D eigenvalue weighted by Crippen LogP contribution is -2.41. The monoisotopic (exact) mass is 465 g/mol. The molecule has 2 aromatic rings. The normalized spacial score (nSPS) is 17.8. The number of benzene rings is 1. The molecule has 2 aliphatic rings. The molecule has 1 saturated heterocycles. The second-order valence-electron chi connectivity index (χ2n) is 9.34. The van der Waals surface area contributed by atoms with Crippen molar-refractivity contribution < 1.29 is 14.4 Å². The minimum Gasteiger partial charge on any atom is -0.337 e. The minimum atomic E-state index is -0.0201. The van der Waals surface area contributed by atoms with Gasteiger partial charge in [0.15, 0.2) is 0 Å². The smallest absolute Gasteiger partial charge is 0.242 e. The summed E-state index contributed by atoms with van der Waals surface area (Å²) in [4.78, 5) is 43.4. The maximum Gasteiger partial charge on any atom is 0.242 e. The largest absolute Gasteiger partial charge is 0.337 e. The van der Waals surface area contributed by atoms with Gasteiger partial charge in [0, 0.05) is 57.6 Å². The number of amides is 3. The van der Waals surface area contributed by atoms with E-state index >= 15 is 0 Å². The molecule has 0 N–H and O–H groups in total. The van der Waals surface area contributed by atoms with Gasteiger partial charge < -0.3 is 14.7 Å². The molecule has 1 aromatic carbocycles. The molecule has 4 rings (SSSR count). The van der Waals surface area contributed by atoms with Crippen molar-refractivity contribution in [3.63, 3.8) is 0 Å². The Hall–Kier alpha value is -3.16. The van der Waals surface area contributed by atoms with E-state index in [2.05, 4.69) is 17.2 Å². The Morgan fingerprint density at radius 1 is 1.00 bits per heavy atom. The third kappa shape index (κ3) is 6.04. The van der Waals surface area contributed by atoms with Crippen molar-refractivity contribution in [1.29, 1.82) is 0 Å².